The lowest BCUT2D eigenvalue weighted by molar-refractivity contribution is -0.156. The summed E-state index contributed by atoms with van der Waals surface area (Å²) in [5.74, 6) is -2.84. The van der Waals surface area contributed by atoms with E-state index in [2.05, 4.69) is 29.3 Å². The molecule has 3 rings (SSSR count). The molecule has 3 atom stereocenters. The van der Waals surface area contributed by atoms with Crippen LogP contribution in [0.5, 0.6) is 0 Å². The minimum absolute atomic E-state index is 0.228. The van der Waals surface area contributed by atoms with Crippen molar-refractivity contribution in [1.82, 2.24) is 5.32 Å². The van der Waals surface area contributed by atoms with Gasteiger partial charge < -0.3 is 29.0 Å². The number of benzene rings is 2. The van der Waals surface area contributed by atoms with Crippen LogP contribution in [0.25, 0.3) is 0 Å². The molecule has 12 heteroatoms. The standard InChI is InChI=1S/C13H13NO5.C13H15NO5/c1-17-12(15)9-10(13(16)18-2)19-11(14-9)8-6-4-3-5-7-8;1-18-11(15)8-10(13(17)19-2)14-12(16)9-6-4-3-5-7-9/h3-7,9-10H,1-2H3;3-7,10H,8H2,1-2H3,(H,14,16)/t9-,10?;10-/m00/s1. The molecule has 0 aromatic heterocycles. The summed E-state index contributed by atoms with van der Waals surface area (Å²) in [5, 5.41) is 2.43. The van der Waals surface area contributed by atoms with Crippen LogP contribution < -0.4 is 5.32 Å². The SMILES string of the molecule is COC(=O)C1OC(c2ccccc2)=N[C@@H]1C(=O)OC.COC(=O)C[C@H](NC(=O)c1ccccc1)C(=O)OC. The first-order chi connectivity index (χ1) is 18.2. The van der Waals surface area contributed by atoms with Gasteiger partial charge >= 0.3 is 23.9 Å². The molecular weight excluding hydrogens is 500 g/mol. The molecule has 0 saturated carbocycles. The molecule has 0 aliphatic carbocycles. The van der Waals surface area contributed by atoms with Gasteiger partial charge in [0, 0.05) is 11.1 Å². The van der Waals surface area contributed by atoms with Crippen LogP contribution in [0.1, 0.15) is 22.3 Å². The van der Waals surface area contributed by atoms with Gasteiger partial charge in [-0.05, 0) is 24.3 Å². The van der Waals surface area contributed by atoms with Crippen LogP contribution in [0.2, 0.25) is 0 Å². The van der Waals surface area contributed by atoms with Crippen molar-refractivity contribution in [3.8, 4) is 0 Å². The van der Waals surface area contributed by atoms with Gasteiger partial charge in [-0.3, -0.25) is 9.59 Å². The van der Waals surface area contributed by atoms with Crippen LogP contribution in [0.3, 0.4) is 0 Å². The molecule has 1 aliphatic heterocycles. The number of rotatable bonds is 8. The van der Waals surface area contributed by atoms with Gasteiger partial charge in [-0.1, -0.05) is 36.4 Å². The highest BCUT2D eigenvalue weighted by Gasteiger charge is 2.43. The second-order valence-electron chi connectivity index (χ2n) is 7.53. The second kappa shape index (κ2) is 14.7. The molecule has 1 aliphatic rings. The summed E-state index contributed by atoms with van der Waals surface area (Å²) in [4.78, 5) is 61.8. The van der Waals surface area contributed by atoms with Crippen molar-refractivity contribution in [2.75, 3.05) is 28.4 Å². The fraction of sp³-hybridized carbons (Fsp3) is 0.308. The van der Waals surface area contributed by atoms with E-state index in [-0.39, 0.29) is 12.3 Å². The number of methoxy groups -OCH3 is 4. The zero-order chi connectivity index (χ0) is 28.1. The summed E-state index contributed by atoms with van der Waals surface area (Å²) in [5.41, 5.74) is 1.07. The molecule has 2 aromatic rings. The Labute approximate surface area is 218 Å². The van der Waals surface area contributed by atoms with E-state index in [0.29, 0.717) is 11.1 Å². The Balaban J connectivity index is 0.000000267. The van der Waals surface area contributed by atoms with E-state index in [1.54, 1.807) is 54.6 Å². The number of carbonyl (C=O) groups is 5. The van der Waals surface area contributed by atoms with E-state index in [4.69, 9.17) is 4.74 Å². The van der Waals surface area contributed by atoms with Crippen molar-refractivity contribution in [1.29, 1.82) is 0 Å². The average Bonchev–Trinajstić information content (AvgIpc) is 3.42. The van der Waals surface area contributed by atoms with Gasteiger partial charge in [-0.25, -0.2) is 19.4 Å². The number of esters is 4. The van der Waals surface area contributed by atoms with Crippen LogP contribution in [0.15, 0.2) is 65.7 Å². The van der Waals surface area contributed by atoms with Gasteiger partial charge in [0.25, 0.3) is 5.91 Å². The van der Waals surface area contributed by atoms with Crippen LogP contribution in [-0.4, -0.2) is 82.3 Å². The smallest absolute Gasteiger partial charge is 0.350 e. The third-order valence-corrected chi connectivity index (χ3v) is 5.10. The van der Waals surface area contributed by atoms with Gasteiger partial charge in [0.15, 0.2) is 6.04 Å². The number of amides is 1. The van der Waals surface area contributed by atoms with E-state index in [0.717, 1.165) is 0 Å². The van der Waals surface area contributed by atoms with E-state index in [1.807, 2.05) is 6.07 Å². The van der Waals surface area contributed by atoms with E-state index >= 15 is 0 Å². The highest BCUT2D eigenvalue weighted by molar-refractivity contribution is 6.01. The maximum Gasteiger partial charge on any atom is 0.350 e. The number of ether oxygens (including phenoxy) is 5. The van der Waals surface area contributed by atoms with E-state index < -0.39 is 48.0 Å². The molecule has 1 heterocycles. The number of hydrogen-bond acceptors (Lipinski definition) is 11. The Morgan fingerprint density at radius 1 is 0.816 bits per heavy atom. The molecule has 1 unspecified atom stereocenters. The predicted molar refractivity (Wildman–Crippen MR) is 132 cm³/mol. The molecule has 0 fully saturated rings. The van der Waals surface area contributed by atoms with Crippen molar-refractivity contribution in [2.45, 2.75) is 24.6 Å². The van der Waals surface area contributed by atoms with E-state index in [1.165, 1.54) is 28.4 Å². The molecule has 0 bridgehead atoms. The number of nitrogens with one attached hydrogen (secondary N) is 1. The van der Waals surface area contributed by atoms with Crippen molar-refractivity contribution < 1.29 is 47.7 Å². The minimum Gasteiger partial charge on any atom is -0.469 e. The molecule has 38 heavy (non-hydrogen) atoms. The van der Waals surface area contributed by atoms with Gasteiger partial charge in [0.05, 0.1) is 34.9 Å². The van der Waals surface area contributed by atoms with Crippen molar-refractivity contribution >= 4 is 35.7 Å². The van der Waals surface area contributed by atoms with Crippen LogP contribution >= 0.6 is 0 Å². The molecule has 1 amide bonds. The lowest BCUT2D eigenvalue weighted by atomic mass is 10.1. The van der Waals surface area contributed by atoms with Crippen LogP contribution in [0.4, 0.5) is 0 Å². The maximum absolute atomic E-state index is 11.9. The minimum atomic E-state index is -1.10. The summed E-state index contributed by atoms with van der Waals surface area (Å²) in [7, 11) is 4.84. The van der Waals surface area contributed by atoms with Gasteiger partial charge in [0.1, 0.15) is 6.04 Å². The Morgan fingerprint density at radius 3 is 1.92 bits per heavy atom. The molecule has 0 spiro atoms. The lowest BCUT2D eigenvalue weighted by Crippen LogP contribution is -2.43. The van der Waals surface area contributed by atoms with Crippen LogP contribution in [0, 0.1) is 0 Å². The Kier molecular flexibility index (Phi) is 11.4. The number of hydrogen-bond donors (Lipinski definition) is 1. The quantitative estimate of drug-likeness (QED) is 0.388. The Hall–Kier alpha value is -4.74. The Morgan fingerprint density at radius 2 is 1.39 bits per heavy atom. The first-order valence-corrected chi connectivity index (χ1v) is 11.2. The second-order valence-corrected chi connectivity index (χ2v) is 7.53. The average molecular weight is 529 g/mol. The zero-order valence-electron chi connectivity index (χ0n) is 21.2. The van der Waals surface area contributed by atoms with Crippen molar-refractivity contribution in [3.05, 3.63) is 71.8 Å². The van der Waals surface area contributed by atoms with Crippen LogP contribution in [-0.2, 0) is 42.9 Å². The molecule has 1 N–H and O–H groups in total. The van der Waals surface area contributed by atoms with Gasteiger partial charge in [0.2, 0.25) is 12.0 Å². The fourth-order valence-corrected chi connectivity index (χ4v) is 3.14. The maximum atomic E-state index is 11.9. The number of carbonyl (C=O) groups excluding carboxylic acids is 5. The molecule has 0 saturated heterocycles. The Bertz CT molecular complexity index is 1150. The van der Waals surface area contributed by atoms with Crippen molar-refractivity contribution in [2.24, 2.45) is 4.99 Å². The molecule has 0 radical (unpaired) electrons. The summed E-state index contributed by atoms with van der Waals surface area (Å²) in [6.45, 7) is 0. The molecule has 2 aromatic carbocycles. The van der Waals surface area contributed by atoms with E-state index in [9.17, 15) is 24.0 Å². The van der Waals surface area contributed by atoms with Crippen molar-refractivity contribution in [3.63, 3.8) is 0 Å². The first-order valence-electron chi connectivity index (χ1n) is 11.2. The summed E-state index contributed by atoms with van der Waals surface area (Å²) in [6, 6.07) is 15.3. The zero-order valence-corrected chi connectivity index (χ0v) is 21.2. The highest BCUT2D eigenvalue weighted by atomic mass is 16.6. The number of aliphatic imine (C=N–C) groups is 1. The highest BCUT2D eigenvalue weighted by Crippen LogP contribution is 2.20. The molecular formula is C26H28N2O10. The molecule has 12 nitrogen and oxygen atoms in total. The molecule has 202 valence electrons. The lowest BCUT2D eigenvalue weighted by Gasteiger charge is -2.15. The predicted octanol–water partition coefficient (Wildman–Crippen LogP) is 1.07. The normalized spacial score (nSPS) is 16.3. The fourth-order valence-electron chi connectivity index (χ4n) is 3.14. The van der Waals surface area contributed by atoms with Gasteiger partial charge in [-0.2, -0.15) is 0 Å². The monoisotopic (exact) mass is 528 g/mol. The topological polar surface area (TPSA) is 156 Å². The summed E-state index contributed by atoms with van der Waals surface area (Å²) < 4.78 is 23.6. The third kappa shape index (κ3) is 8.15. The number of nitrogens with zero attached hydrogens (tertiary/aromatic N) is 1. The summed E-state index contributed by atoms with van der Waals surface area (Å²) in [6.07, 6.45) is -1.38. The summed E-state index contributed by atoms with van der Waals surface area (Å²) >= 11 is 0. The third-order valence-electron chi connectivity index (χ3n) is 5.10. The first kappa shape index (κ1) is 29.5. The largest absolute Gasteiger partial charge is 0.469 e. The van der Waals surface area contributed by atoms with Gasteiger partial charge in [-0.15, -0.1) is 0 Å².